The Balaban J connectivity index is 2.12. The number of H-pyrrole nitrogens is 1. The van der Waals surface area contributed by atoms with E-state index in [1.165, 1.54) is 0 Å². The molecule has 110 valence electrons. The molecule has 3 aromatic rings. The highest BCUT2D eigenvalue weighted by Crippen LogP contribution is 2.26. The van der Waals surface area contributed by atoms with Gasteiger partial charge >= 0.3 is 5.69 Å². The first-order valence-corrected chi connectivity index (χ1v) is 7.08. The van der Waals surface area contributed by atoms with Crippen LogP contribution in [-0.2, 0) is 0 Å². The smallest absolute Gasteiger partial charge is 0.345 e. The van der Waals surface area contributed by atoms with Crippen molar-refractivity contribution in [2.45, 2.75) is 6.92 Å². The molecule has 0 spiro atoms. The third-order valence-corrected chi connectivity index (χ3v) is 3.64. The molecule has 2 N–H and O–H groups in total. The molecule has 0 bridgehead atoms. The SMILES string of the molecule is Cc1cc(-c2cc(-c3ccc(Cl)cc3)[nH]c(=O)n2)ccc1O. The van der Waals surface area contributed by atoms with Crippen LogP contribution in [0.5, 0.6) is 5.75 Å². The van der Waals surface area contributed by atoms with E-state index < -0.39 is 5.69 Å². The van der Waals surface area contributed by atoms with Crippen molar-refractivity contribution < 1.29 is 5.11 Å². The largest absolute Gasteiger partial charge is 0.508 e. The fourth-order valence-electron chi connectivity index (χ4n) is 2.21. The minimum absolute atomic E-state index is 0.214. The van der Waals surface area contributed by atoms with E-state index >= 15 is 0 Å². The second-order valence-electron chi connectivity index (χ2n) is 4.99. The second kappa shape index (κ2) is 5.66. The summed E-state index contributed by atoms with van der Waals surface area (Å²) in [7, 11) is 0. The molecule has 3 rings (SSSR count). The van der Waals surface area contributed by atoms with Gasteiger partial charge in [0.1, 0.15) is 5.75 Å². The predicted octanol–water partition coefficient (Wildman–Crippen LogP) is 3.77. The van der Waals surface area contributed by atoms with Crippen molar-refractivity contribution in [2.75, 3.05) is 0 Å². The molecule has 0 aliphatic carbocycles. The Labute approximate surface area is 132 Å². The van der Waals surface area contributed by atoms with Gasteiger partial charge in [0, 0.05) is 10.6 Å². The van der Waals surface area contributed by atoms with E-state index in [1.54, 1.807) is 43.3 Å². The van der Waals surface area contributed by atoms with E-state index in [1.807, 2.05) is 12.1 Å². The molecule has 4 nitrogen and oxygen atoms in total. The van der Waals surface area contributed by atoms with Crippen LogP contribution in [0.3, 0.4) is 0 Å². The standard InChI is InChI=1S/C17H13ClN2O2/c1-10-8-12(4-7-16(10)21)15-9-14(19-17(22)20-15)11-2-5-13(18)6-3-11/h2-9,21H,1H3,(H,19,20,22). The molecular weight excluding hydrogens is 300 g/mol. The van der Waals surface area contributed by atoms with Crippen LogP contribution >= 0.6 is 11.6 Å². The van der Waals surface area contributed by atoms with E-state index in [9.17, 15) is 9.90 Å². The number of hydrogen-bond acceptors (Lipinski definition) is 3. The molecule has 0 unspecified atom stereocenters. The minimum atomic E-state index is -0.423. The van der Waals surface area contributed by atoms with Gasteiger partial charge in [0.15, 0.2) is 0 Å². The van der Waals surface area contributed by atoms with E-state index in [-0.39, 0.29) is 5.75 Å². The van der Waals surface area contributed by atoms with Gasteiger partial charge in [0.2, 0.25) is 0 Å². The summed E-state index contributed by atoms with van der Waals surface area (Å²) in [5, 5.41) is 10.2. The highest BCUT2D eigenvalue weighted by atomic mass is 35.5. The Hall–Kier alpha value is -2.59. The maximum atomic E-state index is 11.8. The molecule has 0 aliphatic heterocycles. The van der Waals surface area contributed by atoms with E-state index in [0.717, 1.165) is 16.7 Å². The summed E-state index contributed by atoms with van der Waals surface area (Å²) >= 11 is 5.88. The number of halogens is 1. The molecule has 0 atom stereocenters. The summed E-state index contributed by atoms with van der Waals surface area (Å²) in [5.74, 6) is 0.214. The van der Waals surface area contributed by atoms with Crippen molar-refractivity contribution in [1.29, 1.82) is 0 Å². The number of phenols is 1. The van der Waals surface area contributed by atoms with Crippen molar-refractivity contribution in [1.82, 2.24) is 9.97 Å². The fraction of sp³-hybridized carbons (Fsp3) is 0.0588. The lowest BCUT2D eigenvalue weighted by molar-refractivity contribution is 0.471. The maximum Gasteiger partial charge on any atom is 0.345 e. The molecule has 0 saturated carbocycles. The molecule has 5 heteroatoms. The van der Waals surface area contributed by atoms with E-state index in [2.05, 4.69) is 9.97 Å². The number of benzene rings is 2. The van der Waals surface area contributed by atoms with Gasteiger partial charge in [-0.25, -0.2) is 4.79 Å². The first kappa shape index (κ1) is 14.4. The van der Waals surface area contributed by atoms with Crippen molar-refractivity contribution in [3.63, 3.8) is 0 Å². The van der Waals surface area contributed by atoms with Gasteiger partial charge in [-0.2, -0.15) is 4.98 Å². The van der Waals surface area contributed by atoms with Crippen LogP contribution < -0.4 is 5.69 Å². The second-order valence-corrected chi connectivity index (χ2v) is 5.43. The van der Waals surface area contributed by atoms with Gasteiger partial charge < -0.3 is 10.1 Å². The van der Waals surface area contributed by atoms with E-state index in [4.69, 9.17) is 11.6 Å². The average molecular weight is 313 g/mol. The van der Waals surface area contributed by atoms with E-state index in [0.29, 0.717) is 16.4 Å². The molecule has 0 saturated heterocycles. The lowest BCUT2D eigenvalue weighted by atomic mass is 10.1. The number of aromatic amines is 1. The fourth-order valence-corrected chi connectivity index (χ4v) is 2.33. The third-order valence-electron chi connectivity index (χ3n) is 3.39. The molecule has 1 heterocycles. The zero-order valence-corrected chi connectivity index (χ0v) is 12.6. The van der Waals surface area contributed by atoms with Crippen LogP contribution in [0, 0.1) is 6.92 Å². The quantitative estimate of drug-likeness (QED) is 0.757. The summed E-state index contributed by atoms with van der Waals surface area (Å²) in [5.41, 5.74) is 3.15. The molecule has 22 heavy (non-hydrogen) atoms. The van der Waals surface area contributed by atoms with Crippen LogP contribution in [0.15, 0.2) is 53.3 Å². The minimum Gasteiger partial charge on any atom is -0.508 e. The Morgan fingerprint density at radius 1 is 1.05 bits per heavy atom. The van der Waals surface area contributed by atoms with Gasteiger partial charge in [-0.1, -0.05) is 23.7 Å². The monoisotopic (exact) mass is 312 g/mol. The highest BCUT2D eigenvalue weighted by molar-refractivity contribution is 6.30. The Kier molecular flexibility index (Phi) is 3.69. The number of phenolic OH excluding ortho intramolecular Hbond substituents is 1. The van der Waals surface area contributed by atoms with Crippen LogP contribution in [-0.4, -0.2) is 15.1 Å². The zero-order valence-electron chi connectivity index (χ0n) is 11.8. The molecular formula is C17H13ClN2O2. The third kappa shape index (κ3) is 2.87. The number of aromatic hydroxyl groups is 1. The first-order valence-electron chi connectivity index (χ1n) is 6.70. The molecule has 0 radical (unpaired) electrons. The van der Waals surface area contributed by atoms with Gasteiger partial charge in [-0.05, 0) is 54.4 Å². The zero-order chi connectivity index (χ0) is 15.7. The number of hydrogen-bond donors (Lipinski definition) is 2. The number of aryl methyl sites for hydroxylation is 1. The Morgan fingerprint density at radius 2 is 1.73 bits per heavy atom. The van der Waals surface area contributed by atoms with Crippen LogP contribution in [0.4, 0.5) is 0 Å². The van der Waals surface area contributed by atoms with Crippen molar-refractivity contribution in [2.24, 2.45) is 0 Å². The first-order chi connectivity index (χ1) is 10.5. The van der Waals surface area contributed by atoms with Crippen molar-refractivity contribution in [3.05, 3.63) is 69.6 Å². The molecule has 0 fully saturated rings. The number of nitrogens with one attached hydrogen (secondary N) is 1. The average Bonchev–Trinajstić information content (AvgIpc) is 2.50. The van der Waals surface area contributed by atoms with Crippen LogP contribution in [0.25, 0.3) is 22.5 Å². The van der Waals surface area contributed by atoms with Gasteiger partial charge in [-0.15, -0.1) is 0 Å². The maximum absolute atomic E-state index is 11.8. The van der Waals surface area contributed by atoms with Crippen molar-refractivity contribution in [3.8, 4) is 28.3 Å². The summed E-state index contributed by atoms with van der Waals surface area (Å²) < 4.78 is 0. The van der Waals surface area contributed by atoms with Crippen LogP contribution in [0.1, 0.15) is 5.56 Å². The Bertz CT molecular complexity index is 886. The lowest BCUT2D eigenvalue weighted by Gasteiger charge is -2.07. The number of nitrogens with zero attached hydrogens (tertiary/aromatic N) is 1. The topological polar surface area (TPSA) is 66.0 Å². The number of rotatable bonds is 2. The molecule has 0 amide bonds. The molecule has 1 aromatic heterocycles. The Morgan fingerprint density at radius 3 is 2.41 bits per heavy atom. The van der Waals surface area contributed by atoms with Gasteiger partial charge in [0.05, 0.1) is 11.4 Å². The summed E-state index contributed by atoms with van der Waals surface area (Å²) in [6.07, 6.45) is 0. The molecule has 2 aromatic carbocycles. The van der Waals surface area contributed by atoms with Gasteiger partial charge in [-0.3, -0.25) is 0 Å². The van der Waals surface area contributed by atoms with Crippen LogP contribution in [0.2, 0.25) is 5.02 Å². The van der Waals surface area contributed by atoms with Gasteiger partial charge in [0.25, 0.3) is 0 Å². The highest BCUT2D eigenvalue weighted by Gasteiger charge is 2.07. The normalized spacial score (nSPS) is 10.6. The molecule has 0 aliphatic rings. The van der Waals surface area contributed by atoms with Crippen molar-refractivity contribution >= 4 is 11.6 Å². The summed E-state index contributed by atoms with van der Waals surface area (Å²) in [4.78, 5) is 18.6. The summed E-state index contributed by atoms with van der Waals surface area (Å²) in [6.45, 7) is 1.80. The lowest BCUT2D eigenvalue weighted by Crippen LogP contribution is -2.11. The number of aromatic nitrogens is 2. The predicted molar refractivity (Wildman–Crippen MR) is 87.1 cm³/mol. The summed E-state index contributed by atoms with van der Waals surface area (Å²) in [6, 6.07) is 14.1.